The van der Waals surface area contributed by atoms with E-state index in [4.69, 9.17) is 4.52 Å². The molecule has 9 heteroatoms. The fraction of sp³-hybridized carbons (Fsp3) is 0.158. The van der Waals surface area contributed by atoms with E-state index in [2.05, 4.69) is 41.4 Å². The molecule has 0 bridgehead atoms. The van der Waals surface area contributed by atoms with E-state index in [9.17, 15) is 4.79 Å². The maximum atomic E-state index is 12.1. The van der Waals surface area contributed by atoms with Crippen LogP contribution in [0.5, 0.6) is 0 Å². The van der Waals surface area contributed by atoms with Gasteiger partial charge in [-0.25, -0.2) is 4.98 Å². The molecular formula is C19H16BrN5O2S. The van der Waals surface area contributed by atoms with Crippen LogP contribution < -0.4 is 5.32 Å². The average molecular weight is 458 g/mol. The van der Waals surface area contributed by atoms with Crippen LogP contribution in [0.2, 0.25) is 0 Å². The van der Waals surface area contributed by atoms with Gasteiger partial charge in [0.2, 0.25) is 11.8 Å². The molecule has 2 aromatic heterocycles. The lowest BCUT2D eigenvalue weighted by Gasteiger charge is -2.04. The van der Waals surface area contributed by atoms with Crippen LogP contribution in [0.15, 0.2) is 62.7 Å². The Hall–Kier alpha value is -2.65. The van der Waals surface area contributed by atoms with Gasteiger partial charge in [-0.3, -0.25) is 4.79 Å². The molecule has 0 saturated carbocycles. The zero-order valence-corrected chi connectivity index (χ0v) is 17.1. The standard InChI is InChI=1S/C19H16BrN5O2S/c20-12-4-3-5-13(10-12)21-17(26)8-9-18-24-16(25-27-18)11-28-19-22-14-6-1-2-7-15(14)23-19/h1-7,10H,8-9,11H2,(H,21,26)(H,22,23). The van der Waals surface area contributed by atoms with Crippen molar-refractivity contribution >= 4 is 50.3 Å². The minimum absolute atomic E-state index is 0.102. The third kappa shape index (κ3) is 4.79. The molecule has 4 rings (SSSR count). The number of aromatic nitrogens is 4. The Morgan fingerprint density at radius 1 is 1.18 bits per heavy atom. The van der Waals surface area contributed by atoms with Crippen molar-refractivity contribution in [1.82, 2.24) is 20.1 Å². The predicted octanol–water partition coefficient (Wildman–Crippen LogP) is 4.57. The third-order valence-corrected chi connectivity index (χ3v) is 5.25. The maximum Gasteiger partial charge on any atom is 0.227 e. The third-order valence-electron chi connectivity index (χ3n) is 3.89. The summed E-state index contributed by atoms with van der Waals surface area (Å²) in [5.41, 5.74) is 2.67. The number of thioether (sulfide) groups is 1. The number of aromatic amines is 1. The van der Waals surface area contributed by atoms with Crippen molar-refractivity contribution in [1.29, 1.82) is 0 Å². The van der Waals surface area contributed by atoms with Gasteiger partial charge in [-0.2, -0.15) is 4.98 Å². The molecule has 1 amide bonds. The van der Waals surface area contributed by atoms with E-state index < -0.39 is 0 Å². The summed E-state index contributed by atoms with van der Waals surface area (Å²) < 4.78 is 6.15. The zero-order chi connectivity index (χ0) is 19.3. The molecule has 0 radical (unpaired) electrons. The number of H-pyrrole nitrogens is 1. The number of imidazole rings is 1. The number of para-hydroxylation sites is 2. The van der Waals surface area contributed by atoms with Crippen LogP contribution in [0.4, 0.5) is 5.69 Å². The van der Waals surface area contributed by atoms with E-state index in [0.29, 0.717) is 23.9 Å². The largest absolute Gasteiger partial charge is 0.339 e. The molecule has 2 N–H and O–H groups in total. The lowest BCUT2D eigenvalue weighted by atomic mass is 10.2. The van der Waals surface area contributed by atoms with Gasteiger partial charge in [0.1, 0.15) is 0 Å². The Balaban J connectivity index is 1.27. The number of aryl methyl sites for hydroxylation is 1. The summed E-state index contributed by atoms with van der Waals surface area (Å²) in [5, 5.41) is 7.62. The summed E-state index contributed by atoms with van der Waals surface area (Å²) in [6.45, 7) is 0. The first kappa shape index (κ1) is 18.7. The molecular weight excluding hydrogens is 442 g/mol. The molecule has 0 fully saturated rings. The maximum absolute atomic E-state index is 12.1. The van der Waals surface area contributed by atoms with Gasteiger partial charge >= 0.3 is 0 Å². The number of fused-ring (bicyclic) bond motifs is 1. The number of amides is 1. The molecule has 0 atom stereocenters. The van der Waals surface area contributed by atoms with Crippen molar-refractivity contribution in [2.24, 2.45) is 0 Å². The van der Waals surface area contributed by atoms with E-state index in [1.807, 2.05) is 48.5 Å². The van der Waals surface area contributed by atoms with Crippen molar-refractivity contribution in [2.75, 3.05) is 5.32 Å². The van der Waals surface area contributed by atoms with Crippen LogP contribution in [0.1, 0.15) is 18.1 Å². The molecule has 0 saturated heterocycles. The van der Waals surface area contributed by atoms with E-state index >= 15 is 0 Å². The second-order valence-electron chi connectivity index (χ2n) is 6.01. The second-order valence-corrected chi connectivity index (χ2v) is 7.89. The molecule has 7 nitrogen and oxygen atoms in total. The lowest BCUT2D eigenvalue weighted by Crippen LogP contribution is -2.12. The summed E-state index contributed by atoms with van der Waals surface area (Å²) in [4.78, 5) is 24.2. The van der Waals surface area contributed by atoms with Crippen molar-refractivity contribution < 1.29 is 9.32 Å². The molecule has 0 aliphatic heterocycles. The van der Waals surface area contributed by atoms with Gasteiger partial charge in [0.05, 0.1) is 16.8 Å². The minimum Gasteiger partial charge on any atom is -0.339 e. The number of anilines is 1. The van der Waals surface area contributed by atoms with Crippen molar-refractivity contribution in [2.45, 2.75) is 23.8 Å². The first-order chi connectivity index (χ1) is 13.7. The van der Waals surface area contributed by atoms with E-state index in [1.165, 1.54) is 11.8 Å². The normalized spacial score (nSPS) is 11.0. The Morgan fingerprint density at radius 2 is 2.07 bits per heavy atom. The number of carbonyl (C=O) groups is 1. The fourth-order valence-corrected chi connectivity index (χ4v) is 3.72. The monoisotopic (exact) mass is 457 g/mol. The first-order valence-corrected chi connectivity index (χ1v) is 10.4. The lowest BCUT2D eigenvalue weighted by molar-refractivity contribution is -0.116. The highest BCUT2D eigenvalue weighted by atomic mass is 79.9. The van der Waals surface area contributed by atoms with Gasteiger partial charge in [-0.05, 0) is 30.3 Å². The number of hydrogen-bond donors (Lipinski definition) is 2. The van der Waals surface area contributed by atoms with Crippen molar-refractivity contribution in [3.05, 3.63) is 64.7 Å². The van der Waals surface area contributed by atoms with Crippen LogP contribution in [0, 0.1) is 0 Å². The first-order valence-electron chi connectivity index (χ1n) is 8.60. The molecule has 142 valence electrons. The van der Waals surface area contributed by atoms with Crippen LogP contribution in [0.25, 0.3) is 11.0 Å². The molecule has 28 heavy (non-hydrogen) atoms. The number of halogens is 1. The van der Waals surface area contributed by atoms with E-state index in [1.54, 1.807) is 0 Å². The number of hydrogen-bond acceptors (Lipinski definition) is 6. The molecule has 4 aromatic rings. The molecule has 0 aliphatic carbocycles. The highest BCUT2D eigenvalue weighted by Crippen LogP contribution is 2.22. The molecule has 2 aromatic carbocycles. The number of rotatable bonds is 7. The SMILES string of the molecule is O=C(CCc1nc(CSc2nc3ccccc3[nH]2)no1)Nc1cccc(Br)c1. The second kappa shape index (κ2) is 8.57. The van der Waals surface area contributed by atoms with Gasteiger partial charge in [-0.15, -0.1) is 0 Å². The summed E-state index contributed by atoms with van der Waals surface area (Å²) >= 11 is 4.88. The Morgan fingerprint density at radius 3 is 2.93 bits per heavy atom. The smallest absolute Gasteiger partial charge is 0.227 e. The number of benzene rings is 2. The average Bonchev–Trinajstić information content (AvgIpc) is 3.31. The number of carbonyl (C=O) groups excluding carboxylic acids is 1. The van der Waals surface area contributed by atoms with Crippen LogP contribution in [0.3, 0.4) is 0 Å². The zero-order valence-electron chi connectivity index (χ0n) is 14.7. The summed E-state index contributed by atoms with van der Waals surface area (Å²) in [6, 6.07) is 15.3. The van der Waals surface area contributed by atoms with Gasteiger partial charge in [0.15, 0.2) is 11.0 Å². The highest BCUT2D eigenvalue weighted by Gasteiger charge is 2.11. The molecule has 0 unspecified atom stereocenters. The Bertz CT molecular complexity index is 1080. The van der Waals surface area contributed by atoms with Crippen LogP contribution in [-0.2, 0) is 17.0 Å². The molecule has 2 heterocycles. The van der Waals surface area contributed by atoms with Crippen molar-refractivity contribution in [3.8, 4) is 0 Å². The van der Waals surface area contributed by atoms with Gasteiger partial charge in [0, 0.05) is 23.0 Å². The summed E-state index contributed by atoms with van der Waals surface area (Å²) in [5.74, 6) is 1.46. The molecule has 0 spiro atoms. The molecule has 0 aliphatic rings. The van der Waals surface area contributed by atoms with Gasteiger partial charge in [-0.1, -0.05) is 51.0 Å². The van der Waals surface area contributed by atoms with Crippen LogP contribution in [-0.4, -0.2) is 26.0 Å². The quantitative estimate of drug-likeness (QED) is 0.394. The summed E-state index contributed by atoms with van der Waals surface area (Å²) in [6.07, 6.45) is 0.660. The fourth-order valence-electron chi connectivity index (χ4n) is 2.59. The van der Waals surface area contributed by atoms with E-state index in [-0.39, 0.29) is 12.3 Å². The minimum atomic E-state index is -0.102. The predicted molar refractivity (Wildman–Crippen MR) is 111 cm³/mol. The van der Waals surface area contributed by atoms with E-state index in [0.717, 1.165) is 26.3 Å². The number of nitrogens with one attached hydrogen (secondary N) is 2. The summed E-state index contributed by atoms with van der Waals surface area (Å²) in [7, 11) is 0. The highest BCUT2D eigenvalue weighted by molar-refractivity contribution is 9.10. The van der Waals surface area contributed by atoms with Gasteiger partial charge < -0.3 is 14.8 Å². The van der Waals surface area contributed by atoms with Crippen molar-refractivity contribution in [3.63, 3.8) is 0 Å². The topological polar surface area (TPSA) is 96.7 Å². The Labute approximate surface area is 173 Å². The van der Waals surface area contributed by atoms with Crippen LogP contribution >= 0.6 is 27.7 Å². The number of nitrogens with zero attached hydrogens (tertiary/aromatic N) is 3. The Kier molecular flexibility index (Phi) is 5.73. The van der Waals surface area contributed by atoms with Gasteiger partial charge in [0.25, 0.3) is 0 Å².